The predicted octanol–water partition coefficient (Wildman–Crippen LogP) is 1.90. The number of carbonyl (C=O) groups excluding carboxylic acids is 1. The quantitative estimate of drug-likeness (QED) is 0.579. The highest BCUT2D eigenvalue weighted by Crippen LogP contribution is 2.48. The topological polar surface area (TPSA) is 78.4 Å². The Kier molecular flexibility index (Phi) is 5.19. The van der Waals surface area contributed by atoms with Gasteiger partial charge in [0.1, 0.15) is 6.04 Å². The first kappa shape index (κ1) is 14.5. The van der Waals surface area contributed by atoms with Crippen molar-refractivity contribution in [1.82, 2.24) is 10.6 Å². The van der Waals surface area contributed by atoms with Crippen LogP contribution in [0.2, 0.25) is 0 Å². The molecule has 5 heteroatoms. The summed E-state index contributed by atoms with van der Waals surface area (Å²) < 4.78 is 0. The zero-order chi connectivity index (χ0) is 13.6. The number of hydrogen-bond acceptors (Lipinski definition) is 2. The molecule has 5 nitrogen and oxygen atoms in total. The fourth-order valence-corrected chi connectivity index (χ4v) is 2.09. The molecule has 1 unspecified atom stereocenters. The maximum Gasteiger partial charge on any atom is 0.326 e. The molecule has 0 heterocycles. The van der Waals surface area contributed by atoms with Crippen molar-refractivity contribution in [3.05, 3.63) is 12.7 Å². The van der Waals surface area contributed by atoms with E-state index in [4.69, 9.17) is 5.11 Å². The van der Waals surface area contributed by atoms with Crippen LogP contribution >= 0.6 is 0 Å². The first-order valence-electron chi connectivity index (χ1n) is 6.41. The van der Waals surface area contributed by atoms with Gasteiger partial charge in [-0.3, -0.25) is 0 Å². The van der Waals surface area contributed by atoms with Gasteiger partial charge >= 0.3 is 12.0 Å². The molecule has 0 bridgehead atoms. The van der Waals surface area contributed by atoms with E-state index in [1.54, 1.807) is 0 Å². The summed E-state index contributed by atoms with van der Waals surface area (Å²) in [5.41, 5.74) is 0.267. The summed E-state index contributed by atoms with van der Waals surface area (Å²) in [6.45, 7) is 6.24. The van der Waals surface area contributed by atoms with Gasteiger partial charge in [0.2, 0.25) is 0 Å². The smallest absolute Gasteiger partial charge is 0.326 e. The Hall–Kier alpha value is -1.52. The Morgan fingerprint density at radius 1 is 1.50 bits per heavy atom. The third kappa shape index (κ3) is 4.39. The summed E-state index contributed by atoms with van der Waals surface area (Å²) in [6.07, 6.45) is 6.23. The van der Waals surface area contributed by atoms with Crippen LogP contribution in [0.5, 0.6) is 0 Å². The average Bonchev–Trinajstić information content (AvgIpc) is 3.07. The SMILES string of the molecule is C=CCC(NC(=O)NCC1(CCC)CC1)C(=O)O. The van der Waals surface area contributed by atoms with Gasteiger partial charge in [0.05, 0.1) is 0 Å². The van der Waals surface area contributed by atoms with Gasteiger partial charge < -0.3 is 15.7 Å². The largest absolute Gasteiger partial charge is 0.480 e. The van der Waals surface area contributed by atoms with Gasteiger partial charge in [-0.15, -0.1) is 6.58 Å². The van der Waals surface area contributed by atoms with E-state index in [1.807, 2.05) is 0 Å². The van der Waals surface area contributed by atoms with Crippen LogP contribution in [0.4, 0.5) is 4.79 Å². The number of amides is 2. The van der Waals surface area contributed by atoms with E-state index >= 15 is 0 Å². The van der Waals surface area contributed by atoms with Crippen molar-refractivity contribution in [2.75, 3.05) is 6.54 Å². The summed E-state index contributed by atoms with van der Waals surface area (Å²) in [5.74, 6) is -1.04. The molecule has 1 saturated carbocycles. The Labute approximate surface area is 108 Å². The van der Waals surface area contributed by atoms with Crippen LogP contribution in [0.3, 0.4) is 0 Å². The van der Waals surface area contributed by atoms with Gasteiger partial charge in [-0.05, 0) is 31.1 Å². The summed E-state index contributed by atoms with van der Waals surface area (Å²) in [6, 6.07) is -1.31. The molecule has 18 heavy (non-hydrogen) atoms. The summed E-state index contributed by atoms with van der Waals surface area (Å²) >= 11 is 0. The van der Waals surface area contributed by atoms with Crippen molar-refractivity contribution in [2.45, 2.75) is 45.1 Å². The number of carboxylic acid groups (broad SMARTS) is 1. The van der Waals surface area contributed by atoms with Gasteiger partial charge in [-0.1, -0.05) is 19.4 Å². The molecular formula is C13H22N2O3. The number of carbonyl (C=O) groups is 2. The lowest BCUT2D eigenvalue weighted by atomic mass is 10.0. The third-order valence-corrected chi connectivity index (χ3v) is 3.37. The molecule has 2 amide bonds. The van der Waals surface area contributed by atoms with Crippen molar-refractivity contribution in [3.63, 3.8) is 0 Å². The Bertz CT molecular complexity index is 324. The molecule has 0 spiro atoms. The van der Waals surface area contributed by atoms with E-state index in [2.05, 4.69) is 24.1 Å². The first-order valence-corrected chi connectivity index (χ1v) is 6.41. The van der Waals surface area contributed by atoms with Crippen LogP contribution < -0.4 is 10.6 Å². The van der Waals surface area contributed by atoms with Crippen molar-refractivity contribution in [1.29, 1.82) is 0 Å². The summed E-state index contributed by atoms with van der Waals surface area (Å²) in [5, 5.41) is 14.1. The van der Waals surface area contributed by atoms with Crippen LogP contribution in [0.1, 0.15) is 39.0 Å². The maximum atomic E-state index is 11.6. The summed E-state index contributed by atoms with van der Waals surface area (Å²) in [4.78, 5) is 22.4. The standard InChI is InChI=1S/C13H22N2O3/c1-3-5-10(11(16)17)15-12(18)14-9-13(6-4-2)7-8-13/h3,10H,1,4-9H2,2H3,(H,16,17)(H2,14,15,18). The highest BCUT2D eigenvalue weighted by atomic mass is 16.4. The molecule has 0 saturated heterocycles. The molecule has 3 N–H and O–H groups in total. The minimum atomic E-state index is -1.04. The zero-order valence-electron chi connectivity index (χ0n) is 10.9. The highest BCUT2D eigenvalue weighted by molar-refractivity contribution is 5.82. The van der Waals surface area contributed by atoms with Gasteiger partial charge in [0.15, 0.2) is 0 Å². The van der Waals surface area contributed by atoms with E-state index in [0.29, 0.717) is 6.54 Å². The Balaban J connectivity index is 2.32. The fourth-order valence-electron chi connectivity index (χ4n) is 2.09. The van der Waals surface area contributed by atoms with E-state index in [1.165, 1.54) is 6.08 Å². The second kappa shape index (κ2) is 6.42. The van der Waals surface area contributed by atoms with Crippen LogP contribution in [-0.2, 0) is 4.79 Å². The fraction of sp³-hybridized carbons (Fsp3) is 0.692. The second-order valence-electron chi connectivity index (χ2n) is 4.99. The molecule has 1 fully saturated rings. The van der Waals surface area contributed by atoms with E-state index in [9.17, 15) is 9.59 Å². The average molecular weight is 254 g/mol. The predicted molar refractivity (Wildman–Crippen MR) is 69.3 cm³/mol. The molecule has 0 aromatic carbocycles. The molecule has 1 aliphatic rings. The number of hydrogen-bond donors (Lipinski definition) is 3. The van der Waals surface area contributed by atoms with Crippen LogP contribution in [0.15, 0.2) is 12.7 Å². The van der Waals surface area contributed by atoms with E-state index in [0.717, 1.165) is 25.7 Å². The van der Waals surface area contributed by atoms with Gasteiger partial charge in [0, 0.05) is 6.54 Å². The van der Waals surface area contributed by atoms with Gasteiger partial charge in [-0.25, -0.2) is 9.59 Å². The molecule has 102 valence electrons. The molecular weight excluding hydrogens is 232 g/mol. The molecule has 0 aliphatic heterocycles. The van der Waals surface area contributed by atoms with Crippen molar-refractivity contribution in [3.8, 4) is 0 Å². The van der Waals surface area contributed by atoms with Crippen molar-refractivity contribution < 1.29 is 14.7 Å². The van der Waals surface area contributed by atoms with Crippen LogP contribution in [0.25, 0.3) is 0 Å². The molecule has 1 atom stereocenters. The Morgan fingerprint density at radius 3 is 2.61 bits per heavy atom. The first-order chi connectivity index (χ1) is 8.53. The number of aliphatic carboxylic acids is 1. The normalized spacial score (nSPS) is 17.6. The monoisotopic (exact) mass is 254 g/mol. The number of rotatable bonds is 8. The van der Waals surface area contributed by atoms with Crippen molar-refractivity contribution in [2.24, 2.45) is 5.41 Å². The molecule has 0 aromatic rings. The van der Waals surface area contributed by atoms with E-state index < -0.39 is 18.0 Å². The lowest BCUT2D eigenvalue weighted by Gasteiger charge is -2.17. The number of nitrogens with one attached hydrogen (secondary N) is 2. The zero-order valence-corrected chi connectivity index (χ0v) is 10.9. The Morgan fingerprint density at radius 2 is 2.17 bits per heavy atom. The highest BCUT2D eigenvalue weighted by Gasteiger charge is 2.41. The van der Waals surface area contributed by atoms with E-state index in [-0.39, 0.29) is 11.8 Å². The second-order valence-corrected chi connectivity index (χ2v) is 4.99. The van der Waals surface area contributed by atoms with Gasteiger partial charge in [-0.2, -0.15) is 0 Å². The molecule has 0 aromatic heterocycles. The maximum absolute atomic E-state index is 11.6. The lowest BCUT2D eigenvalue weighted by Crippen LogP contribution is -2.47. The molecule has 1 aliphatic carbocycles. The van der Waals surface area contributed by atoms with Crippen LogP contribution in [0, 0.1) is 5.41 Å². The van der Waals surface area contributed by atoms with Crippen LogP contribution in [-0.4, -0.2) is 29.7 Å². The number of carboxylic acids is 1. The molecule has 1 rings (SSSR count). The third-order valence-electron chi connectivity index (χ3n) is 3.37. The summed E-state index contributed by atoms with van der Waals surface area (Å²) in [7, 11) is 0. The van der Waals surface area contributed by atoms with Crippen molar-refractivity contribution >= 4 is 12.0 Å². The molecule has 0 radical (unpaired) electrons. The lowest BCUT2D eigenvalue weighted by molar-refractivity contribution is -0.139. The minimum Gasteiger partial charge on any atom is -0.480 e. The van der Waals surface area contributed by atoms with Gasteiger partial charge in [0.25, 0.3) is 0 Å². The minimum absolute atomic E-state index is 0.225. The number of urea groups is 1.